The minimum atomic E-state index is 0.271. The number of likely N-dealkylation sites (N-methyl/N-ethyl adjacent to an activating group) is 1. The number of hydrogen-bond acceptors (Lipinski definition) is 2. The molecular weight excluding hydrogens is 258 g/mol. The zero-order valence-electron chi connectivity index (χ0n) is 11.7. The fraction of sp³-hybridized carbons (Fsp3) is 0.400. The zero-order valence-corrected chi connectivity index (χ0v) is 12.4. The summed E-state index contributed by atoms with van der Waals surface area (Å²) in [6.07, 6.45) is 4.90. The van der Waals surface area contributed by atoms with Crippen molar-refractivity contribution in [3.05, 3.63) is 52.3 Å². The quantitative estimate of drug-likeness (QED) is 0.909. The monoisotopic (exact) mass is 277 g/mol. The Morgan fingerprint density at radius 3 is 2.84 bits per heavy atom. The second-order valence-corrected chi connectivity index (χ2v) is 5.27. The van der Waals surface area contributed by atoms with Gasteiger partial charge < -0.3 is 5.32 Å². The molecule has 0 saturated heterocycles. The first-order valence-electron chi connectivity index (χ1n) is 6.57. The highest BCUT2D eigenvalue weighted by Crippen LogP contribution is 2.24. The van der Waals surface area contributed by atoms with Crippen LogP contribution in [0.4, 0.5) is 0 Å². The number of nitrogens with zero attached hydrogens (tertiary/aromatic N) is 2. The van der Waals surface area contributed by atoms with Crippen molar-refractivity contribution in [3.8, 4) is 0 Å². The van der Waals surface area contributed by atoms with Crippen LogP contribution in [-0.2, 0) is 13.5 Å². The molecule has 0 aliphatic carbocycles. The summed E-state index contributed by atoms with van der Waals surface area (Å²) >= 11 is 6.12. The van der Waals surface area contributed by atoms with Crippen molar-refractivity contribution in [2.75, 3.05) is 6.54 Å². The van der Waals surface area contributed by atoms with Gasteiger partial charge in [-0.3, -0.25) is 4.68 Å². The van der Waals surface area contributed by atoms with Crippen molar-refractivity contribution in [2.24, 2.45) is 7.05 Å². The lowest BCUT2D eigenvalue weighted by atomic mass is 9.96. The van der Waals surface area contributed by atoms with Crippen LogP contribution in [-0.4, -0.2) is 16.3 Å². The van der Waals surface area contributed by atoms with Gasteiger partial charge in [0.05, 0.1) is 6.20 Å². The van der Waals surface area contributed by atoms with Gasteiger partial charge in [-0.25, -0.2) is 0 Å². The number of benzene rings is 1. The molecule has 4 heteroatoms. The maximum atomic E-state index is 6.12. The van der Waals surface area contributed by atoms with Crippen molar-refractivity contribution < 1.29 is 0 Å². The van der Waals surface area contributed by atoms with Gasteiger partial charge in [0.1, 0.15) is 0 Å². The molecular formula is C15H20ClN3. The van der Waals surface area contributed by atoms with Crippen LogP contribution in [0.2, 0.25) is 5.02 Å². The number of rotatable bonds is 5. The standard InChI is InChI=1S/C15H20ClN3/c1-4-17-15(7-12-9-18-19(3)10-12)14-8-13(16)6-5-11(14)2/h5-6,8-10,15,17H,4,7H2,1-3H3. The molecule has 102 valence electrons. The minimum Gasteiger partial charge on any atom is -0.310 e. The smallest absolute Gasteiger partial charge is 0.0522 e. The maximum absolute atomic E-state index is 6.12. The summed E-state index contributed by atoms with van der Waals surface area (Å²) in [5.41, 5.74) is 3.75. The van der Waals surface area contributed by atoms with E-state index in [9.17, 15) is 0 Å². The topological polar surface area (TPSA) is 29.9 Å². The first-order chi connectivity index (χ1) is 9.10. The maximum Gasteiger partial charge on any atom is 0.0522 e. The van der Waals surface area contributed by atoms with Gasteiger partial charge in [0.25, 0.3) is 0 Å². The molecule has 1 unspecified atom stereocenters. The van der Waals surface area contributed by atoms with Crippen molar-refractivity contribution in [2.45, 2.75) is 26.3 Å². The van der Waals surface area contributed by atoms with Crippen LogP contribution in [0.3, 0.4) is 0 Å². The SMILES string of the molecule is CCNC(Cc1cnn(C)c1)c1cc(Cl)ccc1C. The van der Waals surface area contributed by atoms with Gasteiger partial charge in [-0.05, 0) is 48.7 Å². The molecule has 0 aliphatic heterocycles. The molecule has 1 aromatic carbocycles. The Bertz CT molecular complexity index is 548. The molecule has 0 bridgehead atoms. The third-order valence-corrected chi connectivity index (χ3v) is 3.50. The van der Waals surface area contributed by atoms with Crippen molar-refractivity contribution >= 4 is 11.6 Å². The fourth-order valence-corrected chi connectivity index (χ4v) is 2.52. The van der Waals surface area contributed by atoms with Crippen LogP contribution in [0, 0.1) is 6.92 Å². The van der Waals surface area contributed by atoms with Crippen LogP contribution in [0.1, 0.15) is 29.7 Å². The molecule has 2 aromatic rings. The van der Waals surface area contributed by atoms with E-state index >= 15 is 0 Å². The molecule has 0 spiro atoms. The van der Waals surface area contributed by atoms with Crippen LogP contribution in [0.15, 0.2) is 30.6 Å². The molecule has 19 heavy (non-hydrogen) atoms. The molecule has 0 amide bonds. The lowest BCUT2D eigenvalue weighted by Crippen LogP contribution is -2.23. The molecule has 1 N–H and O–H groups in total. The Kier molecular flexibility index (Phi) is 4.61. The Balaban J connectivity index is 2.26. The van der Waals surface area contributed by atoms with Crippen LogP contribution in [0.5, 0.6) is 0 Å². The van der Waals surface area contributed by atoms with E-state index in [1.54, 1.807) is 0 Å². The van der Waals surface area contributed by atoms with Crippen molar-refractivity contribution in [1.29, 1.82) is 0 Å². The normalized spacial score (nSPS) is 12.6. The largest absolute Gasteiger partial charge is 0.310 e. The average Bonchev–Trinajstić information content (AvgIpc) is 2.77. The summed E-state index contributed by atoms with van der Waals surface area (Å²) in [7, 11) is 1.94. The highest BCUT2D eigenvalue weighted by Gasteiger charge is 2.14. The zero-order chi connectivity index (χ0) is 13.8. The van der Waals surface area contributed by atoms with E-state index in [1.165, 1.54) is 16.7 Å². The number of aryl methyl sites for hydroxylation is 2. The van der Waals surface area contributed by atoms with Crippen molar-refractivity contribution in [1.82, 2.24) is 15.1 Å². The predicted molar refractivity (Wildman–Crippen MR) is 79.5 cm³/mol. The summed E-state index contributed by atoms with van der Waals surface area (Å²) < 4.78 is 1.84. The molecule has 0 radical (unpaired) electrons. The Morgan fingerprint density at radius 2 is 2.21 bits per heavy atom. The lowest BCUT2D eigenvalue weighted by Gasteiger charge is -2.20. The van der Waals surface area contributed by atoms with Gasteiger partial charge in [0, 0.05) is 24.3 Å². The number of halogens is 1. The van der Waals surface area contributed by atoms with Gasteiger partial charge in [-0.1, -0.05) is 24.6 Å². The molecule has 0 saturated carbocycles. The van der Waals surface area contributed by atoms with Crippen LogP contribution >= 0.6 is 11.6 Å². The third-order valence-electron chi connectivity index (χ3n) is 3.27. The lowest BCUT2D eigenvalue weighted by molar-refractivity contribution is 0.547. The Morgan fingerprint density at radius 1 is 1.42 bits per heavy atom. The number of aromatic nitrogens is 2. The van der Waals surface area contributed by atoms with E-state index < -0.39 is 0 Å². The van der Waals surface area contributed by atoms with E-state index in [-0.39, 0.29) is 6.04 Å². The Hall–Kier alpha value is -1.32. The summed E-state index contributed by atoms with van der Waals surface area (Å²) in [5.74, 6) is 0. The van der Waals surface area contributed by atoms with E-state index in [0.29, 0.717) is 0 Å². The Labute approximate surface area is 119 Å². The first kappa shape index (κ1) is 14.1. The van der Waals surface area contributed by atoms with E-state index in [2.05, 4.69) is 42.6 Å². The minimum absolute atomic E-state index is 0.271. The summed E-state index contributed by atoms with van der Waals surface area (Å²) in [6.45, 7) is 5.17. The number of nitrogens with one attached hydrogen (secondary N) is 1. The molecule has 1 aromatic heterocycles. The molecule has 2 rings (SSSR count). The third kappa shape index (κ3) is 3.58. The number of hydrogen-bond donors (Lipinski definition) is 1. The van der Waals surface area contributed by atoms with Gasteiger partial charge in [-0.2, -0.15) is 5.10 Å². The van der Waals surface area contributed by atoms with E-state index in [1.807, 2.05) is 24.0 Å². The van der Waals surface area contributed by atoms with Crippen molar-refractivity contribution in [3.63, 3.8) is 0 Å². The predicted octanol–water partition coefficient (Wildman–Crippen LogP) is 3.28. The molecule has 3 nitrogen and oxygen atoms in total. The van der Waals surface area contributed by atoms with Crippen LogP contribution in [0.25, 0.3) is 0 Å². The van der Waals surface area contributed by atoms with Gasteiger partial charge >= 0.3 is 0 Å². The molecule has 1 heterocycles. The average molecular weight is 278 g/mol. The molecule has 0 aliphatic rings. The fourth-order valence-electron chi connectivity index (χ4n) is 2.34. The van der Waals surface area contributed by atoms with Gasteiger partial charge in [0.15, 0.2) is 0 Å². The van der Waals surface area contributed by atoms with E-state index in [4.69, 9.17) is 11.6 Å². The summed E-state index contributed by atoms with van der Waals surface area (Å²) in [6, 6.07) is 6.34. The second kappa shape index (κ2) is 6.22. The van der Waals surface area contributed by atoms with Gasteiger partial charge in [-0.15, -0.1) is 0 Å². The summed E-state index contributed by atoms with van der Waals surface area (Å²) in [5, 5.41) is 8.54. The highest BCUT2D eigenvalue weighted by atomic mass is 35.5. The summed E-state index contributed by atoms with van der Waals surface area (Å²) in [4.78, 5) is 0. The second-order valence-electron chi connectivity index (χ2n) is 4.84. The first-order valence-corrected chi connectivity index (χ1v) is 6.95. The van der Waals surface area contributed by atoms with E-state index in [0.717, 1.165) is 18.0 Å². The van der Waals surface area contributed by atoms with Gasteiger partial charge in [0.2, 0.25) is 0 Å². The molecule has 1 atom stereocenters. The van der Waals surface area contributed by atoms with Crippen LogP contribution < -0.4 is 5.32 Å². The molecule has 0 fully saturated rings. The highest BCUT2D eigenvalue weighted by molar-refractivity contribution is 6.30.